The largest absolute Gasteiger partial charge is 0.446 e. The predicted octanol–water partition coefficient (Wildman–Crippen LogP) is 2.62. The van der Waals surface area contributed by atoms with Crippen LogP contribution in [0.1, 0.15) is 46.4 Å². The van der Waals surface area contributed by atoms with E-state index in [-0.39, 0.29) is 23.4 Å². The van der Waals surface area contributed by atoms with Crippen LogP contribution in [0.15, 0.2) is 71.3 Å². The van der Waals surface area contributed by atoms with Crippen molar-refractivity contribution in [3.05, 3.63) is 89.6 Å². The van der Waals surface area contributed by atoms with Crippen LogP contribution in [0.25, 0.3) is 0 Å². The maximum atomic E-state index is 12.5. The maximum absolute atomic E-state index is 12.5. The van der Waals surface area contributed by atoms with Gasteiger partial charge in [0, 0.05) is 12.5 Å². The molecule has 2 unspecified atom stereocenters. The van der Waals surface area contributed by atoms with Gasteiger partial charge in [-0.25, -0.2) is 4.98 Å². The Labute approximate surface area is 158 Å². The van der Waals surface area contributed by atoms with Crippen molar-refractivity contribution < 1.29 is 14.3 Å². The first-order valence-electron chi connectivity index (χ1n) is 8.83. The van der Waals surface area contributed by atoms with Crippen LogP contribution < -0.4 is 11.1 Å². The first-order chi connectivity index (χ1) is 13.1. The van der Waals surface area contributed by atoms with Gasteiger partial charge in [0.15, 0.2) is 5.69 Å². The summed E-state index contributed by atoms with van der Waals surface area (Å²) in [5.41, 5.74) is 8.15. The van der Waals surface area contributed by atoms with Gasteiger partial charge in [-0.15, -0.1) is 0 Å². The Morgan fingerprint density at radius 3 is 2.19 bits per heavy atom. The molecule has 2 atom stereocenters. The lowest BCUT2D eigenvalue weighted by atomic mass is 9.91. The number of nitrogens with two attached hydrogens (primary N) is 1. The van der Waals surface area contributed by atoms with Crippen LogP contribution in [0.4, 0.5) is 0 Å². The molecule has 0 aliphatic rings. The van der Waals surface area contributed by atoms with E-state index in [4.69, 9.17) is 10.2 Å². The molecule has 0 spiro atoms. The van der Waals surface area contributed by atoms with Crippen molar-refractivity contribution in [2.75, 3.05) is 6.54 Å². The quantitative estimate of drug-likeness (QED) is 0.597. The summed E-state index contributed by atoms with van der Waals surface area (Å²) in [5.74, 6) is -0.195. The molecule has 1 heterocycles. The van der Waals surface area contributed by atoms with Crippen LogP contribution in [-0.2, 0) is 0 Å². The summed E-state index contributed by atoms with van der Waals surface area (Å²) < 4.78 is 5.23. The summed E-state index contributed by atoms with van der Waals surface area (Å²) in [6, 6.07) is 19.2. The minimum atomic E-state index is -0.819. The Hall–Kier alpha value is -2.96. The fourth-order valence-corrected chi connectivity index (χ4v) is 2.84. The number of aliphatic hydroxyl groups excluding tert-OH is 1. The summed E-state index contributed by atoms with van der Waals surface area (Å²) in [4.78, 5) is 16.6. The van der Waals surface area contributed by atoms with Gasteiger partial charge in [0.2, 0.25) is 5.89 Å². The lowest BCUT2D eigenvalue weighted by molar-refractivity contribution is 0.0947. The van der Waals surface area contributed by atoms with Crippen LogP contribution >= 0.6 is 0 Å². The number of nitrogens with zero attached hydrogens (tertiary/aromatic N) is 1. The SMILES string of the molecule is CC(O)C(N)c1nc(C(=O)NCC(c2ccccc2)c2ccccc2)co1. The van der Waals surface area contributed by atoms with E-state index in [0.717, 1.165) is 11.1 Å². The minimum Gasteiger partial charge on any atom is -0.446 e. The number of carbonyl (C=O) groups is 1. The molecule has 6 nitrogen and oxygen atoms in total. The molecule has 6 heteroatoms. The summed E-state index contributed by atoms with van der Waals surface area (Å²) in [6.45, 7) is 1.95. The highest BCUT2D eigenvalue weighted by Gasteiger charge is 2.21. The average molecular weight is 365 g/mol. The monoisotopic (exact) mass is 365 g/mol. The molecule has 3 aromatic rings. The van der Waals surface area contributed by atoms with E-state index in [1.54, 1.807) is 6.92 Å². The number of aromatic nitrogens is 1. The molecule has 1 aromatic heterocycles. The Kier molecular flexibility index (Phi) is 6.01. The molecular formula is C21H23N3O3. The zero-order valence-corrected chi connectivity index (χ0v) is 15.1. The number of amides is 1. The molecule has 0 aliphatic carbocycles. The van der Waals surface area contributed by atoms with E-state index in [1.165, 1.54) is 6.26 Å². The Morgan fingerprint density at radius 1 is 1.11 bits per heavy atom. The molecule has 0 fully saturated rings. The van der Waals surface area contributed by atoms with Gasteiger partial charge < -0.3 is 20.6 Å². The third-order valence-corrected chi connectivity index (χ3v) is 4.43. The van der Waals surface area contributed by atoms with Crippen molar-refractivity contribution in [1.29, 1.82) is 0 Å². The number of carbonyl (C=O) groups excluding carboxylic acids is 1. The van der Waals surface area contributed by atoms with Gasteiger partial charge >= 0.3 is 0 Å². The molecule has 1 amide bonds. The summed E-state index contributed by atoms with van der Waals surface area (Å²) >= 11 is 0. The molecule has 2 aromatic carbocycles. The first kappa shape index (κ1) is 18.8. The number of rotatable bonds is 7. The van der Waals surface area contributed by atoms with Crippen LogP contribution in [0.3, 0.4) is 0 Å². The van der Waals surface area contributed by atoms with Crippen LogP contribution in [-0.4, -0.2) is 28.6 Å². The summed E-state index contributed by atoms with van der Waals surface area (Å²) in [6.07, 6.45) is 0.438. The number of oxazole rings is 1. The van der Waals surface area contributed by atoms with Crippen molar-refractivity contribution >= 4 is 5.91 Å². The minimum absolute atomic E-state index is 0.0162. The van der Waals surface area contributed by atoms with Crippen molar-refractivity contribution in [3.8, 4) is 0 Å². The predicted molar refractivity (Wildman–Crippen MR) is 102 cm³/mol. The molecular weight excluding hydrogens is 342 g/mol. The highest BCUT2D eigenvalue weighted by Crippen LogP contribution is 2.24. The molecule has 27 heavy (non-hydrogen) atoms. The third kappa shape index (κ3) is 4.61. The zero-order chi connectivity index (χ0) is 19.2. The zero-order valence-electron chi connectivity index (χ0n) is 15.1. The lowest BCUT2D eigenvalue weighted by Crippen LogP contribution is -2.29. The Bertz CT molecular complexity index is 823. The fourth-order valence-electron chi connectivity index (χ4n) is 2.84. The van der Waals surface area contributed by atoms with Crippen LogP contribution in [0.5, 0.6) is 0 Å². The van der Waals surface area contributed by atoms with E-state index >= 15 is 0 Å². The lowest BCUT2D eigenvalue weighted by Gasteiger charge is -2.18. The molecule has 3 rings (SSSR count). The summed E-state index contributed by atoms with van der Waals surface area (Å²) in [7, 11) is 0. The van der Waals surface area contributed by atoms with E-state index in [9.17, 15) is 9.90 Å². The van der Waals surface area contributed by atoms with Gasteiger partial charge in [-0.05, 0) is 18.1 Å². The van der Waals surface area contributed by atoms with Gasteiger partial charge in [0.05, 0.1) is 6.10 Å². The van der Waals surface area contributed by atoms with Gasteiger partial charge in [0.25, 0.3) is 5.91 Å². The Balaban J connectivity index is 1.73. The highest BCUT2D eigenvalue weighted by atomic mass is 16.3. The van der Waals surface area contributed by atoms with Crippen LogP contribution in [0, 0.1) is 0 Å². The second-order valence-corrected chi connectivity index (χ2v) is 6.42. The molecule has 140 valence electrons. The van der Waals surface area contributed by atoms with Crippen molar-refractivity contribution in [2.24, 2.45) is 5.73 Å². The standard InChI is InChI=1S/C21H23N3O3/c1-14(25)19(22)21-24-18(13-27-21)20(26)23-12-17(15-8-4-2-5-9-15)16-10-6-3-7-11-16/h2-11,13-14,17,19,25H,12,22H2,1H3,(H,23,26). The molecule has 0 radical (unpaired) electrons. The molecule has 4 N–H and O–H groups in total. The number of hydrogen-bond donors (Lipinski definition) is 3. The number of benzene rings is 2. The van der Waals surface area contributed by atoms with Gasteiger partial charge in [0.1, 0.15) is 12.3 Å². The third-order valence-electron chi connectivity index (χ3n) is 4.43. The van der Waals surface area contributed by atoms with Crippen molar-refractivity contribution in [2.45, 2.75) is 25.0 Å². The summed E-state index contributed by atoms with van der Waals surface area (Å²) in [5, 5.41) is 12.4. The van der Waals surface area contributed by atoms with E-state index in [1.807, 2.05) is 60.7 Å². The second kappa shape index (κ2) is 8.62. The van der Waals surface area contributed by atoms with Gasteiger partial charge in [-0.3, -0.25) is 4.79 Å². The molecule has 0 saturated heterocycles. The van der Waals surface area contributed by atoms with E-state index in [0.29, 0.717) is 6.54 Å². The Morgan fingerprint density at radius 2 is 1.67 bits per heavy atom. The number of aliphatic hydroxyl groups is 1. The molecule has 0 aliphatic heterocycles. The topological polar surface area (TPSA) is 101 Å². The number of hydrogen-bond acceptors (Lipinski definition) is 5. The van der Waals surface area contributed by atoms with Gasteiger partial charge in [-0.1, -0.05) is 60.7 Å². The molecule has 0 saturated carbocycles. The van der Waals surface area contributed by atoms with E-state index < -0.39 is 12.1 Å². The first-order valence-corrected chi connectivity index (χ1v) is 8.83. The van der Waals surface area contributed by atoms with Crippen molar-refractivity contribution in [1.82, 2.24) is 10.3 Å². The average Bonchev–Trinajstić information content (AvgIpc) is 3.19. The second-order valence-electron chi connectivity index (χ2n) is 6.42. The van der Waals surface area contributed by atoms with E-state index in [2.05, 4.69) is 10.3 Å². The van der Waals surface area contributed by atoms with Gasteiger partial charge in [-0.2, -0.15) is 0 Å². The highest BCUT2D eigenvalue weighted by molar-refractivity contribution is 5.92. The fraction of sp³-hybridized carbons (Fsp3) is 0.238. The number of nitrogens with one attached hydrogen (secondary N) is 1. The van der Waals surface area contributed by atoms with Crippen LogP contribution in [0.2, 0.25) is 0 Å². The smallest absolute Gasteiger partial charge is 0.273 e. The van der Waals surface area contributed by atoms with Crippen molar-refractivity contribution in [3.63, 3.8) is 0 Å². The molecule has 0 bridgehead atoms. The normalized spacial score (nSPS) is 13.3. The maximum Gasteiger partial charge on any atom is 0.273 e.